The molecule has 104 valence electrons. The Morgan fingerprint density at radius 1 is 1.37 bits per heavy atom. The van der Waals surface area contributed by atoms with E-state index in [1.807, 2.05) is 0 Å². The van der Waals surface area contributed by atoms with E-state index in [4.69, 9.17) is 4.42 Å². The topological polar surface area (TPSA) is 62.6 Å². The number of nitrogens with one attached hydrogen (secondary N) is 1. The number of carbonyl (C=O) groups is 2. The maximum Gasteiger partial charge on any atom is 0.325 e. The maximum absolute atomic E-state index is 12.4. The molecule has 0 spiro atoms. The van der Waals surface area contributed by atoms with Crippen LogP contribution in [0.2, 0.25) is 0 Å². The Morgan fingerprint density at radius 2 is 2.16 bits per heavy atom. The van der Waals surface area contributed by atoms with Gasteiger partial charge in [0.05, 0.1) is 6.26 Å². The summed E-state index contributed by atoms with van der Waals surface area (Å²) >= 11 is 4.13. The molecule has 1 aromatic rings. The van der Waals surface area contributed by atoms with Gasteiger partial charge in [-0.25, -0.2) is 4.79 Å². The second-order valence-electron chi connectivity index (χ2n) is 4.77. The summed E-state index contributed by atoms with van der Waals surface area (Å²) in [5, 5.41) is 2.70. The van der Waals surface area contributed by atoms with Crippen LogP contribution in [0.4, 0.5) is 4.79 Å². The average molecular weight is 282 g/mol. The molecule has 3 amide bonds. The van der Waals surface area contributed by atoms with Gasteiger partial charge in [-0.3, -0.25) is 9.69 Å². The van der Waals surface area contributed by atoms with Gasteiger partial charge in [0, 0.05) is 6.54 Å². The van der Waals surface area contributed by atoms with Crippen molar-refractivity contribution in [3.63, 3.8) is 0 Å². The van der Waals surface area contributed by atoms with E-state index >= 15 is 0 Å². The SMILES string of the molecule is CC1(c2ccco2)NC(=O)N(CCCCCS)C1=O. The van der Waals surface area contributed by atoms with Gasteiger partial charge in [0.1, 0.15) is 5.76 Å². The average Bonchev–Trinajstić information content (AvgIpc) is 2.97. The summed E-state index contributed by atoms with van der Waals surface area (Å²) in [6, 6.07) is 3.05. The van der Waals surface area contributed by atoms with Crippen LogP contribution >= 0.6 is 12.6 Å². The fourth-order valence-electron chi connectivity index (χ4n) is 2.19. The molecule has 19 heavy (non-hydrogen) atoms. The quantitative estimate of drug-likeness (QED) is 0.477. The van der Waals surface area contributed by atoms with E-state index in [1.54, 1.807) is 19.1 Å². The van der Waals surface area contributed by atoms with Crippen molar-refractivity contribution in [2.24, 2.45) is 0 Å². The van der Waals surface area contributed by atoms with Crippen LogP contribution in [0, 0.1) is 0 Å². The van der Waals surface area contributed by atoms with E-state index in [0.29, 0.717) is 12.3 Å². The van der Waals surface area contributed by atoms with Crippen LogP contribution in [0.1, 0.15) is 31.9 Å². The van der Waals surface area contributed by atoms with Crippen LogP contribution in [0.5, 0.6) is 0 Å². The number of imide groups is 1. The van der Waals surface area contributed by atoms with E-state index in [-0.39, 0.29) is 11.9 Å². The van der Waals surface area contributed by atoms with Gasteiger partial charge in [-0.2, -0.15) is 12.6 Å². The summed E-state index contributed by atoms with van der Waals surface area (Å²) in [4.78, 5) is 25.5. The van der Waals surface area contributed by atoms with Gasteiger partial charge in [-0.1, -0.05) is 6.42 Å². The fraction of sp³-hybridized carbons (Fsp3) is 0.538. The van der Waals surface area contributed by atoms with Gasteiger partial charge >= 0.3 is 6.03 Å². The van der Waals surface area contributed by atoms with E-state index in [0.717, 1.165) is 25.0 Å². The van der Waals surface area contributed by atoms with Crippen LogP contribution in [0.15, 0.2) is 22.8 Å². The van der Waals surface area contributed by atoms with Gasteiger partial charge in [0.15, 0.2) is 5.54 Å². The first-order valence-electron chi connectivity index (χ1n) is 6.38. The Bertz CT molecular complexity index is 460. The number of thiol groups is 1. The molecule has 1 N–H and O–H groups in total. The van der Waals surface area contributed by atoms with Crippen molar-refractivity contribution in [3.05, 3.63) is 24.2 Å². The predicted molar refractivity (Wildman–Crippen MR) is 74.0 cm³/mol. The van der Waals surface area contributed by atoms with Crippen molar-refractivity contribution in [1.82, 2.24) is 10.2 Å². The molecule has 1 fully saturated rings. The molecule has 1 unspecified atom stereocenters. The van der Waals surface area contributed by atoms with Crippen molar-refractivity contribution < 1.29 is 14.0 Å². The summed E-state index contributed by atoms with van der Waals surface area (Å²) in [5.41, 5.74) is -1.08. The lowest BCUT2D eigenvalue weighted by atomic mass is 9.99. The summed E-state index contributed by atoms with van der Waals surface area (Å²) < 4.78 is 5.26. The number of rotatable bonds is 6. The molecule has 1 saturated heterocycles. The third-order valence-electron chi connectivity index (χ3n) is 3.33. The molecular weight excluding hydrogens is 264 g/mol. The minimum absolute atomic E-state index is 0.252. The van der Waals surface area contributed by atoms with Crippen LogP contribution in [0.3, 0.4) is 0 Å². The maximum atomic E-state index is 12.4. The lowest BCUT2D eigenvalue weighted by molar-refractivity contribution is -0.131. The minimum atomic E-state index is -1.08. The zero-order valence-electron chi connectivity index (χ0n) is 10.9. The molecular formula is C13H18N2O3S. The normalized spacial score (nSPS) is 22.9. The Labute approximate surface area is 117 Å². The van der Waals surface area contributed by atoms with Gasteiger partial charge in [-0.15, -0.1) is 0 Å². The molecule has 0 aromatic carbocycles. The number of carbonyl (C=O) groups excluding carboxylic acids is 2. The molecule has 1 aromatic heterocycles. The van der Waals surface area contributed by atoms with Crippen molar-refractivity contribution in [2.75, 3.05) is 12.3 Å². The van der Waals surface area contributed by atoms with Crippen molar-refractivity contribution in [3.8, 4) is 0 Å². The number of amides is 3. The Balaban J connectivity index is 2.04. The Morgan fingerprint density at radius 3 is 2.79 bits per heavy atom. The summed E-state index contributed by atoms with van der Waals surface area (Å²) in [6.07, 6.45) is 4.24. The highest BCUT2D eigenvalue weighted by Gasteiger charge is 2.50. The van der Waals surface area contributed by atoms with E-state index < -0.39 is 5.54 Å². The Kier molecular flexibility index (Phi) is 4.19. The molecule has 1 atom stereocenters. The van der Waals surface area contributed by atoms with E-state index in [1.165, 1.54) is 11.2 Å². The summed E-state index contributed by atoms with van der Waals surface area (Å²) in [5.74, 6) is 1.03. The molecule has 0 saturated carbocycles. The Hall–Kier alpha value is -1.43. The van der Waals surface area contributed by atoms with Crippen molar-refractivity contribution in [2.45, 2.75) is 31.7 Å². The molecule has 0 bridgehead atoms. The minimum Gasteiger partial charge on any atom is -0.466 e. The first-order valence-corrected chi connectivity index (χ1v) is 7.02. The summed E-state index contributed by atoms with van der Waals surface area (Å²) in [6.45, 7) is 2.11. The van der Waals surface area contributed by atoms with Crippen LogP contribution in [-0.4, -0.2) is 29.1 Å². The number of nitrogens with zero attached hydrogens (tertiary/aromatic N) is 1. The first-order chi connectivity index (χ1) is 9.09. The standard InChI is InChI=1S/C13H18N2O3S/c1-13(10-6-5-8-18-10)11(16)15(12(17)14-13)7-3-2-4-9-19/h5-6,8,19H,2-4,7,9H2,1H3,(H,14,17). The van der Waals surface area contributed by atoms with Crippen molar-refractivity contribution in [1.29, 1.82) is 0 Å². The van der Waals surface area contributed by atoms with Gasteiger partial charge in [-0.05, 0) is 37.7 Å². The predicted octanol–water partition coefficient (Wildman–Crippen LogP) is 2.15. The number of hydrogen-bond acceptors (Lipinski definition) is 4. The largest absolute Gasteiger partial charge is 0.466 e. The lowest BCUT2D eigenvalue weighted by Crippen LogP contribution is -2.40. The van der Waals surface area contributed by atoms with Crippen molar-refractivity contribution >= 4 is 24.6 Å². The van der Waals surface area contributed by atoms with E-state index in [9.17, 15) is 9.59 Å². The van der Waals surface area contributed by atoms with Crippen LogP contribution in [0.25, 0.3) is 0 Å². The zero-order chi connectivity index (χ0) is 13.9. The monoisotopic (exact) mass is 282 g/mol. The molecule has 0 radical (unpaired) electrons. The highest BCUT2D eigenvalue weighted by atomic mass is 32.1. The van der Waals surface area contributed by atoms with Gasteiger partial charge in [0.25, 0.3) is 5.91 Å². The highest BCUT2D eigenvalue weighted by Crippen LogP contribution is 2.29. The molecule has 5 nitrogen and oxygen atoms in total. The number of hydrogen-bond donors (Lipinski definition) is 2. The second-order valence-corrected chi connectivity index (χ2v) is 5.22. The molecule has 0 aliphatic carbocycles. The third-order valence-corrected chi connectivity index (χ3v) is 3.65. The first kappa shape index (κ1) is 14.0. The molecule has 2 heterocycles. The number of urea groups is 1. The zero-order valence-corrected chi connectivity index (χ0v) is 11.8. The van der Waals surface area contributed by atoms with Crippen LogP contribution in [-0.2, 0) is 10.3 Å². The molecule has 1 aliphatic rings. The van der Waals surface area contributed by atoms with Gasteiger partial charge < -0.3 is 9.73 Å². The third kappa shape index (κ3) is 2.63. The second kappa shape index (κ2) is 5.69. The molecule has 6 heteroatoms. The van der Waals surface area contributed by atoms with E-state index in [2.05, 4.69) is 17.9 Å². The number of furan rings is 1. The smallest absolute Gasteiger partial charge is 0.325 e. The summed E-state index contributed by atoms with van der Waals surface area (Å²) in [7, 11) is 0. The van der Waals surface area contributed by atoms with Gasteiger partial charge in [0.2, 0.25) is 0 Å². The molecule has 2 rings (SSSR count). The highest BCUT2D eigenvalue weighted by molar-refractivity contribution is 7.80. The molecule has 1 aliphatic heterocycles. The van der Waals surface area contributed by atoms with Crippen LogP contribution < -0.4 is 5.32 Å². The lowest BCUT2D eigenvalue weighted by Gasteiger charge is -2.18. The fourth-order valence-corrected chi connectivity index (χ4v) is 2.41. The number of unbranched alkanes of at least 4 members (excludes halogenated alkanes) is 2.